The van der Waals surface area contributed by atoms with Crippen LogP contribution in [-0.2, 0) is 0 Å². The Balaban J connectivity index is 2.25. The molecule has 1 aromatic rings. The lowest BCUT2D eigenvalue weighted by Gasteiger charge is -2.12. The van der Waals surface area contributed by atoms with Crippen molar-refractivity contribution in [2.45, 2.75) is 45.3 Å². The van der Waals surface area contributed by atoms with Crippen LogP contribution in [0.1, 0.15) is 39.2 Å². The first-order chi connectivity index (χ1) is 7.90. The highest BCUT2D eigenvalue weighted by molar-refractivity contribution is 5.26. The van der Waals surface area contributed by atoms with E-state index >= 15 is 0 Å². The summed E-state index contributed by atoms with van der Waals surface area (Å²) in [4.78, 5) is 4.11. The minimum atomic E-state index is -4.05. The van der Waals surface area contributed by atoms with Crippen molar-refractivity contribution in [1.82, 2.24) is 9.55 Å². The first kappa shape index (κ1) is 13.9. The summed E-state index contributed by atoms with van der Waals surface area (Å²) in [5.41, 5.74) is 0. The number of imidazole rings is 1. The molecule has 0 saturated heterocycles. The molecule has 0 spiro atoms. The van der Waals surface area contributed by atoms with Crippen LogP contribution >= 0.6 is 0 Å². The molecule has 0 amide bonds. The van der Waals surface area contributed by atoms with E-state index in [9.17, 15) is 13.2 Å². The van der Waals surface area contributed by atoms with Gasteiger partial charge in [-0.3, -0.25) is 0 Å². The number of nitrogens with one attached hydrogen (secondary N) is 1. The number of nitrogens with zero attached hydrogens (tertiary/aromatic N) is 2. The van der Waals surface area contributed by atoms with Gasteiger partial charge in [0.1, 0.15) is 0 Å². The quantitative estimate of drug-likeness (QED) is 0.780. The molecule has 98 valence electrons. The SMILES string of the molecule is CC(C)n1ccnc1NCCCCC(F)(F)F. The maximum atomic E-state index is 11.9. The molecule has 0 saturated carbocycles. The zero-order chi connectivity index (χ0) is 12.9. The van der Waals surface area contributed by atoms with Gasteiger partial charge in [0.15, 0.2) is 0 Å². The number of anilines is 1. The number of alkyl halides is 3. The van der Waals surface area contributed by atoms with Gasteiger partial charge in [0.05, 0.1) is 0 Å². The largest absolute Gasteiger partial charge is 0.389 e. The van der Waals surface area contributed by atoms with Crippen LogP contribution in [0.25, 0.3) is 0 Å². The molecule has 0 aliphatic heterocycles. The van der Waals surface area contributed by atoms with Gasteiger partial charge in [0.2, 0.25) is 5.95 Å². The van der Waals surface area contributed by atoms with E-state index in [0.717, 1.165) is 0 Å². The monoisotopic (exact) mass is 249 g/mol. The Bertz CT molecular complexity index is 331. The van der Waals surface area contributed by atoms with Gasteiger partial charge in [-0.25, -0.2) is 4.98 Å². The first-order valence-electron chi connectivity index (χ1n) is 5.73. The van der Waals surface area contributed by atoms with Crippen LogP contribution in [0.2, 0.25) is 0 Å². The van der Waals surface area contributed by atoms with Gasteiger partial charge in [0, 0.05) is 31.4 Å². The average molecular weight is 249 g/mol. The maximum Gasteiger partial charge on any atom is 0.389 e. The second-order valence-corrected chi connectivity index (χ2v) is 4.25. The summed E-state index contributed by atoms with van der Waals surface area (Å²) >= 11 is 0. The van der Waals surface area contributed by atoms with E-state index in [0.29, 0.717) is 18.9 Å². The fourth-order valence-electron chi connectivity index (χ4n) is 1.52. The molecule has 1 rings (SSSR count). The van der Waals surface area contributed by atoms with Crippen LogP contribution in [-0.4, -0.2) is 22.3 Å². The summed E-state index contributed by atoms with van der Waals surface area (Å²) in [6.07, 6.45) is -0.589. The second kappa shape index (κ2) is 5.93. The summed E-state index contributed by atoms with van der Waals surface area (Å²) in [5.74, 6) is 0.715. The summed E-state index contributed by atoms with van der Waals surface area (Å²) in [7, 11) is 0. The molecule has 0 unspecified atom stereocenters. The van der Waals surface area contributed by atoms with Gasteiger partial charge in [-0.15, -0.1) is 0 Å². The van der Waals surface area contributed by atoms with E-state index in [1.165, 1.54) is 0 Å². The summed E-state index contributed by atoms with van der Waals surface area (Å²) in [5, 5.41) is 3.05. The van der Waals surface area contributed by atoms with E-state index in [1.807, 2.05) is 24.6 Å². The van der Waals surface area contributed by atoms with E-state index in [-0.39, 0.29) is 12.5 Å². The molecule has 0 atom stereocenters. The van der Waals surface area contributed by atoms with Crippen LogP contribution in [0, 0.1) is 0 Å². The van der Waals surface area contributed by atoms with E-state index in [4.69, 9.17) is 0 Å². The fraction of sp³-hybridized carbons (Fsp3) is 0.727. The van der Waals surface area contributed by atoms with Crippen LogP contribution in [0.3, 0.4) is 0 Å². The summed E-state index contributed by atoms with van der Waals surface area (Å²) in [6.45, 7) is 4.56. The van der Waals surface area contributed by atoms with Gasteiger partial charge in [-0.1, -0.05) is 0 Å². The Morgan fingerprint density at radius 1 is 1.35 bits per heavy atom. The molecule has 0 aromatic carbocycles. The molecular formula is C11H18F3N3. The Morgan fingerprint density at radius 3 is 2.65 bits per heavy atom. The van der Waals surface area contributed by atoms with Crippen molar-refractivity contribution in [1.29, 1.82) is 0 Å². The van der Waals surface area contributed by atoms with Crippen LogP contribution < -0.4 is 5.32 Å². The number of hydrogen-bond donors (Lipinski definition) is 1. The maximum absolute atomic E-state index is 11.9. The molecule has 17 heavy (non-hydrogen) atoms. The molecule has 0 fully saturated rings. The van der Waals surface area contributed by atoms with Crippen LogP contribution in [0.4, 0.5) is 19.1 Å². The number of unbranched alkanes of at least 4 members (excludes halogenated alkanes) is 1. The molecule has 1 N–H and O–H groups in total. The Kier molecular flexibility index (Phi) is 4.84. The highest BCUT2D eigenvalue weighted by atomic mass is 19.4. The second-order valence-electron chi connectivity index (χ2n) is 4.25. The molecular weight excluding hydrogens is 231 g/mol. The Labute approximate surface area is 99.0 Å². The summed E-state index contributed by atoms with van der Waals surface area (Å²) in [6, 6.07) is 0.287. The van der Waals surface area contributed by atoms with Crippen molar-refractivity contribution < 1.29 is 13.2 Å². The Morgan fingerprint density at radius 2 is 2.06 bits per heavy atom. The van der Waals surface area contributed by atoms with E-state index < -0.39 is 12.6 Å². The third kappa shape index (κ3) is 5.10. The lowest BCUT2D eigenvalue weighted by atomic mass is 10.2. The molecule has 0 aliphatic rings. The molecule has 3 nitrogen and oxygen atoms in total. The molecule has 0 radical (unpaired) electrons. The predicted molar refractivity (Wildman–Crippen MR) is 61.0 cm³/mol. The third-order valence-electron chi connectivity index (χ3n) is 2.40. The minimum absolute atomic E-state index is 0.152. The van der Waals surface area contributed by atoms with Crippen LogP contribution in [0.15, 0.2) is 12.4 Å². The van der Waals surface area contributed by atoms with Gasteiger partial charge >= 0.3 is 6.18 Å². The molecule has 1 heterocycles. The minimum Gasteiger partial charge on any atom is -0.356 e. The lowest BCUT2D eigenvalue weighted by Crippen LogP contribution is -2.11. The lowest BCUT2D eigenvalue weighted by molar-refractivity contribution is -0.135. The topological polar surface area (TPSA) is 29.9 Å². The average Bonchev–Trinajstić information content (AvgIpc) is 2.63. The third-order valence-corrected chi connectivity index (χ3v) is 2.40. The Hall–Kier alpha value is -1.20. The fourth-order valence-corrected chi connectivity index (χ4v) is 1.52. The number of hydrogen-bond acceptors (Lipinski definition) is 2. The van der Waals surface area contributed by atoms with Gasteiger partial charge in [0.25, 0.3) is 0 Å². The van der Waals surface area contributed by atoms with Crippen molar-refractivity contribution >= 4 is 5.95 Å². The van der Waals surface area contributed by atoms with Gasteiger partial charge < -0.3 is 9.88 Å². The summed E-state index contributed by atoms with van der Waals surface area (Å²) < 4.78 is 37.6. The van der Waals surface area contributed by atoms with Crippen molar-refractivity contribution in [3.05, 3.63) is 12.4 Å². The van der Waals surface area contributed by atoms with Crippen LogP contribution in [0.5, 0.6) is 0 Å². The first-order valence-corrected chi connectivity index (χ1v) is 5.73. The molecule has 6 heteroatoms. The standard InChI is InChI=1S/C11H18F3N3/c1-9(2)17-8-7-16-10(17)15-6-4-3-5-11(12,13)14/h7-9H,3-6H2,1-2H3,(H,15,16). The smallest absolute Gasteiger partial charge is 0.356 e. The van der Waals surface area contributed by atoms with Gasteiger partial charge in [-0.2, -0.15) is 13.2 Å². The molecule has 0 aliphatic carbocycles. The highest BCUT2D eigenvalue weighted by Gasteiger charge is 2.25. The normalized spacial score (nSPS) is 12.1. The molecule has 0 bridgehead atoms. The van der Waals surface area contributed by atoms with Gasteiger partial charge in [-0.05, 0) is 26.7 Å². The van der Waals surface area contributed by atoms with Crippen molar-refractivity contribution in [3.63, 3.8) is 0 Å². The molecule has 1 aromatic heterocycles. The number of halogens is 3. The highest BCUT2D eigenvalue weighted by Crippen LogP contribution is 2.22. The van der Waals surface area contributed by atoms with Crippen molar-refractivity contribution in [2.75, 3.05) is 11.9 Å². The van der Waals surface area contributed by atoms with Crippen molar-refractivity contribution in [3.8, 4) is 0 Å². The predicted octanol–water partition coefficient (Wildman–Crippen LogP) is 3.61. The number of rotatable bonds is 6. The van der Waals surface area contributed by atoms with Crippen molar-refractivity contribution in [2.24, 2.45) is 0 Å². The zero-order valence-electron chi connectivity index (χ0n) is 10.1. The zero-order valence-corrected chi connectivity index (χ0v) is 10.1. The van der Waals surface area contributed by atoms with E-state index in [2.05, 4.69) is 10.3 Å². The number of aromatic nitrogens is 2. The van der Waals surface area contributed by atoms with E-state index in [1.54, 1.807) is 6.20 Å².